The van der Waals surface area contributed by atoms with Crippen LogP contribution in [0.1, 0.15) is 16.7 Å². The highest BCUT2D eigenvalue weighted by Gasteiger charge is 2.37. The number of imide groups is 1. The van der Waals surface area contributed by atoms with E-state index in [-0.39, 0.29) is 28.8 Å². The van der Waals surface area contributed by atoms with Crippen molar-refractivity contribution in [1.29, 1.82) is 0 Å². The number of methoxy groups -OCH3 is 1. The Morgan fingerprint density at radius 3 is 2.50 bits per heavy atom. The number of anilines is 1. The van der Waals surface area contributed by atoms with Crippen molar-refractivity contribution in [2.24, 2.45) is 0 Å². The van der Waals surface area contributed by atoms with Crippen LogP contribution in [0.4, 0.5) is 28.0 Å². The monoisotopic (exact) mass is 686 g/mol. The fourth-order valence-corrected chi connectivity index (χ4v) is 5.15. The molecule has 13 heteroatoms. The molecule has 0 saturated carbocycles. The Kier molecular flexibility index (Phi) is 9.03. The highest BCUT2D eigenvalue weighted by Crippen LogP contribution is 2.36. The molecule has 0 radical (unpaired) electrons. The van der Waals surface area contributed by atoms with Gasteiger partial charge in [-0.05, 0) is 94.0 Å². The first-order valence-corrected chi connectivity index (χ1v) is 13.3. The number of benzene rings is 3. The van der Waals surface area contributed by atoms with Crippen molar-refractivity contribution in [2.45, 2.75) is 12.8 Å². The van der Waals surface area contributed by atoms with Crippen LogP contribution < -0.4 is 14.8 Å². The molecule has 1 aliphatic heterocycles. The number of thioether (sulfide) groups is 1. The molecule has 3 aromatic rings. The summed E-state index contributed by atoms with van der Waals surface area (Å²) in [5.41, 5.74) is -0.00733. The standard InChI is InChI=1S/C27H19F4IN2O5S/c1-38-22-8-6-17(27(29,30)31)12-20(22)33-24(35)13-34-25(36)23(40-26(34)37)11-15-5-7-21(19(32)10-15)39-14-16-3-2-4-18(28)9-16/h2-12H,13-14H2,1H3,(H,33,35)/b23-11-. The van der Waals surface area contributed by atoms with Gasteiger partial charge in [-0.2, -0.15) is 13.2 Å². The van der Waals surface area contributed by atoms with Crippen molar-refractivity contribution >= 4 is 63.2 Å². The first-order chi connectivity index (χ1) is 18.9. The Morgan fingerprint density at radius 1 is 1.07 bits per heavy atom. The van der Waals surface area contributed by atoms with E-state index < -0.39 is 35.3 Å². The van der Waals surface area contributed by atoms with Gasteiger partial charge in [0.2, 0.25) is 5.91 Å². The Balaban J connectivity index is 1.42. The normalized spacial score (nSPS) is 14.6. The maximum atomic E-state index is 13.4. The summed E-state index contributed by atoms with van der Waals surface area (Å²) >= 11 is 2.68. The molecule has 3 aromatic carbocycles. The first kappa shape index (κ1) is 29.4. The first-order valence-electron chi connectivity index (χ1n) is 11.4. The summed E-state index contributed by atoms with van der Waals surface area (Å²) in [4.78, 5) is 38.7. The highest BCUT2D eigenvalue weighted by molar-refractivity contribution is 14.1. The molecule has 0 bridgehead atoms. The predicted octanol–water partition coefficient (Wildman–Crippen LogP) is 6.71. The zero-order valence-corrected chi connectivity index (χ0v) is 23.5. The fraction of sp³-hybridized carbons (Fsp3) is 0.148. The SMILES string of the molecule is COc1ccc(C(F)(F)F)cc1NC(=O)CN1C(=O)S/C(=C\c2ccc(OCc3cccc(F)c3)c(I)c2)C1=O. The second kappa shape index (κ2) is 12.3. The number of hydrogen-bond donors (Lipinski definition) is 1. The molecule has 0 aromatic heterocycles. The second-order valence-electron chi connectivity index (χ2n) is 8.34. The lowest BCUT2D eigenvalue weighted by Crippen LogP contribution is -2.36. The van der Waals surface area contributed by atoms with E-state index in [0.29, 0.717) is 43.2 Å². The summed E-state index contributed by atoms with van der Waals surface area (Å²) in [6.45, 7) is -0.549. The highest BCUT2D eigenvalue weighted by atomic mass is 127. The number of alkyl halides is 3. The quantitative estimate of drug-likeness (QED) is 0.161. The third-order valence-corrected chi connectivity index (χ3v) is 7.26. The maximum absolute atomic E-state index is 13.4. The lowest BCUT2D eigenvalue weighted by molar-refractivity contribution is -0.137. The molecule has 3 amide bonds. The third kappa shape index (κ3) is 7.13. The lowest BCUT2D eigenvalue weighted by atomic mass is 10.1. The molecule has 1 N–H and O–H groups in total. The van der Waals surface area contributed by atoms with Gasteiger partial charge >= 0.3 is 6.18 Å². The van der Waals surface area contributed by atoms with Crippen molar-refractivity contribution in [3.63, 3.8) is 0 Å². The predicted molar refractivity (Wildman–Crippen MR) is 149 cm³/mol. The van der Waals surface area contributed by atoms with Gasteiger partial charge in [0, 0.05) is 0 Å². The number of ether oxygens (including phenoxy) is 2. The minimum Gasteiger partial charge on any atom is -0.495 e. The second-order valence-corrected chi connectivity index (χ2v) is 10.5. The van der Waals surface area contributed by atoms with E-state index >= 15 is 0 Å². The van der Waals surface area contributed by atoms with E-state index in [1.165, 1.54) is 25.3 Å². The molecule has 0 unspecified atom stereocenters. The lowest BCUT2D eigenvalue weighted by Gasteiger charge is -2.16. The van der Waals surface area contributed by atoms with Gasteiger partial charge in [0.25, 0.3) is 11.1 Å². The topological polar surface area (TPSA) is 84.9 Å². The molecule has 0 atom stereocenters. The summed E-state index contributed by atoms with van der Waals surface area (Å²) in [5, 5.41) is 1.57. The van der Waals surface area contributed by atoms with Crippen LogP contribution in [0, 0.1) is 9.39 Å². The van der Waals surface area contributed by atoms with E-state index in [0.717, 1.165) is 12.1 Å². The van der Waals surface area contributed by atoms with Crippen molar-refractivity contribution < 1.29 is 41.4 Å². The van der Waals surface area contributed by atoms with Gasteiger partial charge in [-0.25, -0.2) is 4.39 Å². The Labute approximate surface area is 243 Å². The summed E-state index contributed by atoms with van der Waals surface area (Å²) in [6.07, 6.45) is -3.16. The molecule has 0 aliphatic carbocycles. The van der Waals surface area contributed by atoms with Gasteiger partial charge in [-0.1, -0.05) is 18.2 Å². The van der Waals surface area contributed by atoms with Gasteiger partial charge in [0.15, 0.2) is 0 Å². The Bertz CT molecular complexity index is 1510. The van der Waals surface area contributed by atoms with Crippen molar-refractivity contribution in [2.75, 3.05) is 19.0 Å². The van der Waals surface area contributed by atoms with Gasteiger partial charge in [0.05, 0.1) is 26.8 Å². The maximum Gasteiger partial charge on any atom is 0.416 e. The molecule has 208 valence electrons. The molecular formula is C27H19F4IN2O5S. The Hall–Kier alpha value is -3.59. The van der Waals surface area contributed by atoms with Crippen LogP contribution in [0.2, 0.25) is 0 Å². The molecule has 1 saturated heterocycles. The summed E-state index contributed by atoms with van der Waals surface area (Å²) in [5.74, 6) is -1.45. The average Bonchev–Trinajstić information content (AvgIpc) is 3.14. The van der Waals surface area contributed by atoms with Gasteiger partial charge in [-0.15, -0.1) is 0 Å². The molecule has 7 nitrogen and oxygen atoms in total. The minimum absolute atomic E-state index is 0.0200. The van der Waals surface area contributed by atoms with E-state index in [1.807, 2.05) is 22.6 Å². The number of hydrogen-bond acceptors (Lipinski definition) is 6. The smallest absolute Gasteiger partial charge is 0.416 e. The van der Waals surface area contributed by atoms with Crippen LogP contribution in [0.15, 0.2) is 65.6 Å². The fourth-order valence-electron chi connectivity index (χ4n) is 3.61. The van der Waals surface area contributed by atoms with Crippen molar-refractivity contribution in [3.8, 4) is 11.5 Å². The zero-order chi connectivity index (χ0) is 29.0. The Morgan fingerprint density at radius 2 is 1.82 bits per heavy atom. The third-order valence-electron chi connectivity index (χ3n) is 5.51. The molecule has 1 aliphatic rings. The van der Waals surface area contributed by atoms with Crippen LogP contribution in [0.5, 0.6) is 11.5 Å². The summed E-state index contributed by atoms with van der Waals surface area (Å²) in [7, 11) is 1.23. The van der Waals surface area contributed by atoms with Crippen molar-refractivity contribution in [3.05, 3.63) is 91.6 Å². The van der Waals surface area contributed by atoms with Crippen LogP contribution in [-0.2, 0) is 22.4 Å². The van der Waals surface area contributed by atoms with Crippen LogP contribution in [0.25, 0.3) is 6.08 Å². The van der Waals surface area contributed by atoms with Crippen LogP contribution >= 0.6 is 34.4 Å². The zero-order valence-electron chi connectivity index (χ0n) is 20.6. The van der Waals surface area contributed by atoms with E-state index in [9.17, 15) is 31.9 Å². The minimum atomic E-state index is -4.65. The van der Waals surface area contributed by atoms with Gasteiger partial charge < -0.3 is 14.8 Å². The summed E-state index contributed by atoms with van der Waals surface area (Å²) in [6, 6.07) is 13.7. The number of carbonyl (C=O) groups excluding carboxylic acids is 3. The number of amides is 3. The van der Waals surface area contributed by atoms with Gasteiger partial charge in [-0.3, -0.25) is 19.3 Å². The summed E-state index contributed by atoms with van der Waals surface area (Å²) < 4.78 is 64.1. The molecule has 0 spiro atoms. The van der Waals surface area contributed by atoms with Crippen LogP contribution in [-0.4, -0.2) is 35.6 Å². The van der Waals surface area contributed by atoms with E-state index in [1.54, 1.807) is 30.3 Å². The van der Waals surface area contributed by atoms with Crippen LogP contribution in [0.3, 0.4) is 0 Å². The molecular weight excluding hydrogens is 667 g/mol. The van der Waals surface area contributed by atoms with E-state index in [4.69, 9.17) is 9.47 Å². The number of carbonyl (C=O) groups is 3. The number of nitrogens with zero attached hydrogens (tertiary/aromatic N) is 1. The number of rotatable bonds is 8. The molecule has 1 fully saturated rings. The average molecular weight is 686 g/mol. The molecule has 40 heavy (non-hydrogen) atoms. The van der Waals surface area contributed by atoms with E-state index in [2.05, 4.69) is 5.32 Å². The number of halogens is 5. The van der Waals surface area contributed by atoms with Gasteiger partial charge in [0.1, 0.15) is 30.5 Å². The number of nitrogens with one attached hydrogen (secondary N) is 1. The van der Waals surface area contributed by atoms with Crippen molar-refractivity contribution in [1.82, 2.24) is 4.90 Å². The molecule has 1 heterocycles. The molecule has 4 rings (SSSR count). The largest absolute Gasteiger partial charge is 0.495 e.